The fourth-order valence-corrected chi connectivity index (χ4v) is 2.21. The van der Waals surface area contributed by atoms with Crippen LogP contribution in [0.4, 0.5) is 0 Å². The van der Waals surface area contributed by atoms with Crippen molar-refractivity contribution in [3.05, 3.63) is 0 Å². The summed E-state index contributed by atoms with van der Waals surface area (Å²) in [6.45, 7) is 4.67. The van der Waals surface area contributed by atoms with E-state index in [-0.39, 0.29) is 17.5 Å². The van der Waals surface area contributed by atoms with Crippen molar-refractivity contribution in [2.24, 2.45) is 11.7 Å². The van der Waals surface area contributed by atoms with Gasteiger partial charge in [0.2, 0.25) is 5.91 Å². The first-order valence-electron chi connectivity index (χ1n) is 5.35. The van der Waals surface area contributed by atoms with Crippen LogP contribution in [0.3, 0.4) is 0 Å². The third kappa shape index (κ3) is 1.77. The minimum atomic E-state index is 0.00593. The molecule has 1 heterocycles. The van der Waals surface area contributed by atoms with E-state index in [4.69, 9.17) is 5.73 Å². The van der Waals surface area contributed by atoms with Crippen LogP contribution >= 0.6 is 0 Å². The number of amides is 1. The van der Waals surface area contributed by atoms with Gasteiger partial charge >= 0.3 is 0 Å². The van der Waals surface area contributed by atoms with Gasteiger partial charge in [-0.2, -0.15) is 0 Å². The van der Waals surface area contributed by atoms with Gasteiger partial charge in [0.25, 0.3) is 0 Å². The van der Waals surface area contributed by atoms with Crippen LogP contribution < -0.4 is 11.2 Å². The smallest absolute Gasteiger partial charge is 0.238 e. The van der Waals surface area contributed by atoms with Gasteiger partial charge in [-0.1, -0.05) is 0 Å². The summed E-state index contributed by atoms with van der Waals surface area (Å²) in [6, 6.07) is 0.0352. The van der Waals surface area contributed by atoms with Gasteiger partial charge in [0, 0.05) is 18.0 Å². The fourth-order valence-electron chi connectivity index (χ4n) is 2.21. The Labute approximate surface area is 84.8 Å². The summed E-state index contributed by atoms with van der Waals surface area (Å²) in [4.78, 5) is 11.7. The molecule has 4 heteroatoms. The molecule has 2 aliphatic rings. The lowest BCUT2D eigenvalue weighted by atomic mass is 9.94. The number of hydrogen-bond donors (Lipinski definition) is 2. The van der Waals surface area contributed by atoms with E-state index in [1.807, 2.05) is 6.92 Å². The zero-order chi connectivity index (χ0) is 10.3. The Bertz CT molecular complexity index is 250. The van der Waals surface area contributed by atoms with Crippen molar-refractivity contribution in [2.75, 3.05) is 6.54 Å². The summed E-state index contributed by atoms with van der Waals surface area (Å²) < 4.78 is 0. The quantitative estimate of drug-likeness (QED) is 0.681. The number of rotatable bonds is 3. The molecule has 1 saturated carbocycles. The molecule has 3 N–H and O–H groups in total. The molecule has 1 aliphatic heterocycles. The Balaban J connectivity index is 1.99. The van der Waals surface area contributed by atoms with Crippen LogP contribution in [0.2, 0.25) is 0 Å². The summed E-state index contributed by atoms with van der Waals surface area (Å²) in [5.74, 6) is 0.876. The summed E-state index contributed by atoms with van der Waals surface area (Å²) in [5.41, 5.74) is 9.00. The van der Waals surface area contributed by atoms with Crippen LogP contribution in [0.5, 0.6) is 0 Å². The molecule has 0 spiro atoms. The van der Waals surface area contributed by atoms with Crippen molar-refractivity contribution in [1.29, 1.82) is 0 Å². The van der Waals surface area contributed by atoms with E-state index < -0.39 is 0 Å². The van der Waals surface area contributed by atoms with E-state index in [2.05, 4.69) is 12.3 Å². The first-order chi connectivity index (χ1) is 6.51. The predicted molar refractivity (Wildman–Crippen MR) is 54.2 cm³/mol. The molecular formula is C10H19N3O. The average molecular weight is 197 g/mol. The maximum Gasteiger partial charge on any atom is 0.238 e. The molecule has 4 nitrogen and oxygen atoms in total. The minimum Gasteiger partial charge on any atom is -0.326 e. The number of hydrogen-bond acceptors (Lipinski definition) is 3. The van der Waals surface area contributed by atoms with E-state index in [0.29, 0.717) is 18.9 Å². The van der Waals surface area contributed by atoms with Crippen LogP contribution in [0.15, 0.2) is 0 Å². The molecule has 1 aliphatic carbocycles. The van der Waals surface area contributed by atoms with E-state index in [1.165, 1.54) is 12.8 Å². The third-order valence-electron chi connectivity index (χ3n) is 3.16. The van der Waals surface area contributed by atoms with Crippen molar-refractivity contribution in [1.82, 2.24) is 10.4 Å². The molecule has 0 aromatic heterocycles. The van der Waals surface area contributed by atoms with E-state index >= 15 is 0 Å². The van der Waals surface area contributed by atoms with Crippen molar-refractivity contribution in [3.63, 3.8) is 0 Å². The monoisotopic (exact) mass is 197 g/mol. The average Bonchev–Trinajstić information content (AvgIpc) is 2.80. The lowest BCUT2D eigenvalue weighted by Crippen LogP contribution is -2.49. The summed E-state index contributed by atoms with van der Waals surface area (Å²) in [5, 5.41) is 1.70. The summed E-state index contributed by atoms with van der Waals surface area (Å²) in [6.07, 6.45) is 3.13. The molecule has 2 fully saturated rings. The molecule has 2 rings (SSSR count). The van der Waals surface area contributed by atoms with Gasteiger partial charge < -0.3 is 5.73 Å². The number of nitrogens with zero attached hydrogens (tertiary/aromatic N) is 1. The lowest BCUT2D eigenvalue weighted by molar-refractivity contribution is -0.129. The van der Waals surface area contributed by atoms with Crippen LogP contribution in [0, 0.1) is 5.92 Å². The normalized spacial score (nSPS) is 35.1. The number of nitrogens with two attached hydrogens (primary N) is 1. The van der Waals surface area contributed by atoms with E-state index in [1.54, 1.807) is 5.01 Å². The topological polar surface area (TPSA) is 58.4 Å². The molecular weight excluding hydrogens is 178 g/mol. The zero-order valence-corrected chi connectivity index (χ0v) is 8.92. The fraction of sp³-hybridized carbons (Fsp3) is 0.900. The minimum absolute atomic E-state index is 0.00593. The van der Waals surface area contributed by atoms with Gasteiger partial charge in [-0.05, 0) is 32.6 Å². The molecule has 0 radical (unpaired) electrons. The Hall–Kier alpha value is -0.610. The molecule has 1 amide bonds. The Morgan fingerprint density at radius 1 is 1.71 bits per heavy atom. The van der Waals surface area contributed by atoms with Gasteiger partial charge in [-0.3, -0.25) is 9.80 Å². The van der Waals surface area contributed by atoms with E-state index in [9.17, 15) is 4.79 Å². The number of carbonyl (C=O) groups excluding carboxylic acids is 1. The first kappa shape index (κ1) is 9.93. The van der Waals surface area contributed by atoms with Crippen molar-refractivity contribution in [2.45, 2.75) is 44.7 Å². The second-order valence-corrected chi connectivity index (χ2v) is 4.96. The molecule has 2 atom stereocenters. The highest BCUT2D eigenvalue weighted by atomic mass is 16.2. The van der Waals surface area contributed by atoms with Crippen LogP contribution in [-0.4, -0.2) is 29.0 Å². The first-order valence-corrected chi connectivity index (χ1v) is 5.35. The Morgan fingerprint density at radius 3 is 2.86 bits per heavy atom. The van der Waals surface area contributed by atoms with Gasteiger partial charge in [-0.15, -0.1) is 0 Å². The number of hydrazine groups is 1. The van der Waals surface area contributed by atoms with Crippen molar-refractivity contribution in [3.8, 4) is 0 Å². The second kappa shape index (κ2) is 3.21. The maximum absolute atomic E-state index is 11.7. The van der Waals surface area contributed by atoms with Gasteiger partial charge in [0.15, 0.2) is 0 Å². The molecule has 0 bridgehead atoms. The van der Waals surface area contributed by atoms with Crippen LogP contribution in [0.25, 0.3) is 0 Å². The third-order valence-corrected chi connectivity index (χ3v) is 3.16. The van der Waals surface area contributed by atoms with Gasteiger partial charge in [0.05, 0.1) is 6.54 Å². The van der Waals surface area contributed by atoms with Crippen LogP contribution in [-0.2, 0) is 4.79 Å². The second-order valence-electron chi connectivity index (χ2n) is 4.96. The van der Waals surface area contributed by atoms with Gasteiger partial charge in [-0.25, -0.2) is 5.43 Å². The lowest BCUT2D eigenvalue weighted by Gasteiger charge is -2.26. The largest absolute Gasteiger partial charge is 0.326 e. The molecule has 1 saturated heterocycles. The molecule has 14 heavy (non-hydrogen) atoms. The van der Waals surface area contributed by atoms with Crippen LogP contribution in [0.1, 0.15) is 33.1 Å². The van der Waals surface area contributed by atoms with Gasteiger partial charge in [0.1, 0.15) is 0 Å². The van der Waals surface area contributed by atoms with Crippen molar-refractivity contribution >= 4 is 5.91 Å². The standard InChI is InChI=1S/C10H19N3O/c1-7(11)6-13-9(14)5-10(2,12-13)8-3-4-8/h7-8,12H,3-6,11H2,1-2H3. The Kier molecular flexibility index (Phi) is 2.27. The molecule has 0 aromatic rings. The molecule has 0 aromatic carbocycles. The highest BCUT2D eigenvalue weighted by Gasteiger charge is 2.49. The van der Waals surface area contributed by atoms with Crippen molar-refractivity contribution < 1.29 is 4.79 Å². The van der Waals surface area contributed by atoms with E-state index in [0.717, 1.165) is 0 Å². The maximum atomic E-state index is 11.7. The summed E-state index contributed by atoms with van der Waals surface area (Å²) >= 11 is 0. The molecule has 80 valence electrons. The number of nitrogens with one attached hydrogen (secondary N) is 1. The Morgan fingerprint density at radius 2 is 2.36 bits per heavy atom. The summed E-state index contributed by atoms with van der Waals surface area (Å²) in [7, 11) is 0. The predicted octanol–water partition coefficient (Wildman–Crippen LogP) is 0.239. The highest BCUT2D eigenvalue weighted by molar-refractivity contribution is 5.79. The highest BCUT2D eigenvalue weighted by Crippen LogP contribution is 2.43. The number of carbonyl (C=O) groups is 1. The zero-order valence-electron chi connectivity index (χ0n) is 8.92. The SMILES string of the molecule is CC(N)CN1NC(C)(C2CC2)CC1=O. The molecule has 2 unspecified atom stereocenters.